The molecule has 0 heterocycles. The lowest BCUT2D eigenvalue weighted by Crippen LogP contribution is -2.35. The van der Waals surface area contributed by atoms with Gasteiger partial charge in [0.2, 0.25) is 0 Å². The van der Waals surface area contributed by atoms with Crippen LogP contribution in [0, 0.1) is 18.7 Å². The predicted octanol–water partition coefficient (Wildman–Crippen LogP) is 5.14. The van der Waals surface area contributed by atoms with Crippen molar-refractivity contribution in [3.8, 4) is 0 Å². The summed E-state index contributed by atoms with van der Waals surface area (Å²) < 4.78 is 13.6. The molecule has 0 amide bonds. The van der Waals surface area contributed by atoms with Crippen LogP contribution in [-0.4, -0.2) is 6.04 Å². The second-order valence-electron chi connectivity index (χ2n) is 6.40. The summed E-state index contributed by atoms with van der Waals surface area (Å²) >= 11 is 0. The Hall–Kier alpha value is -0.890. The van der Waals surface area contributed by atoms with Crippen LogP contribution >= 0.6 is 0 Å². The molecule has 2 rings (SSSR count). The van der Waals surface area contributed by atoms with Crippen LogP contribution < -0.4 is 5.32 Å². The predicted molar refractivity (Wildman–Crippen MR) is 83.3 cm³/mol. The lowest BCUT2D eigenvalue weighted by Gasteiger charge is -2.31. The van der Waals surface area contributed by atoms with E-state index >= 15 is 0 Å². The van der Waals surface area contributed by atoms with Crippen molar-refractivity contribution in [2.24, 2.45) is 5.92 Å². The average molecular weight is 277 g/mol. The van der Waals surface area contributed by atoms with Gasteiger partial charge in [-0.3, -0.25) is 0 Å². The van der Waals surface area contributed by atoms with Crippen LogP contribution in [0.1, 0.15) is 69.5 Å². The van der Waals surface area contributed by atoms with E-state index in [0.29, 0.717) is 6.04 Å². The average Bonchev–Trinajstić information content (AvgIpc) is 2.44. The zero-order chi connectivity index (χ0) is 14.5. The molecule has 112 valence electrons. The zero-order valence-corrected chi connectivity index (χ0v) is 13.1. The molecule has 1 aliphatic carbocycles. The molecule has 1 aromatic rings. The van der Waals surface area contributed by atoms with E-state index in [2.05, 4.69) is 19.2 Å². The van der Waals surface area contributed by atoms with E-state index in [0.717, 1.165) is 17.0 Å². The first-order chi connectivity index (χ1) is 9.60. The summed E-state index contributed by atoms with van der Waals surface area (Å²) in [5.74, 6) is 0.841. The first-order valence-electron chi connectivity index (χ1n) is 8.12. The summed E-state index contributed by atoms with van der Waals surface area (Å²) in [6.07, 6.45) is 7.92. The third-order valence-electron chi connectivity index (χ3n) is 4.73. The number of nitrogens with one attached hydrogen (secondary N) is 1. The molecule has 20 heavy (non-hydrogen) atoms. The van der Waals surface area contributed by atoms with Gasteiger partial charge in [-0.1, -0.05) is 31.9 Å². The number of aryl methyl sites for hydroxylation is 1. The van der Waals surface area contributed by atoms with Gasteiger partial charge in [-0.15, -0.1) is 0 Å². The van der Waals surface area contributed by atoms with E-state index in [1.165, 1.54) is 38.5 Å². The largest absolute Gasteiger partial charge is 0.307 e. The van der Waals surface area contributed by atoms with E-state index in [1.807, 2.05) is 19.1 Å². The number of halogens is 1. The van der Waals surface area contributed by atoms with Gasteiger partial charge >= 0.3 is 0 Å². The summed E-state index contributed by atoms with van der Waals surface area (Å²) in [6.45, 7) is 6.23. The molecule has 1 nitrogen and oxygen atoms in total. The Morgan fingerprint density at radius 1 is 1.25 bits per heavy atom. The summed E-state index contributed by atoms with van der Waals surface area (Å²) in [7, 11) is 0. The van der Waals surface area contributed by atoms with Crippen LogP contribution in [0.25, 0.3) is 0 Å². The lowest BCUT2D eigenvalue weighted by molar-refractivity contribution is 0.266. The smallest absolute Gasteiger partial charge is 0.126 e. The van der Waals surface area contributed by atoms with Crippen molar-refractivity contribution >= 4 is 0 Å². The van der Waals surface area contributed by atoms with Gasteiger partial charge in [0.15, 0.2) is 0 Å². The molecule has 1 aromatic carbocycles. The fourth-order valence-electron chi connectivity index (χ4n) is 3.35. The van der Waals surface area contributed by atoms with Gasteiger partial charge in [-0.2, -0.15) is 0 Å². The minimum Gasteiger partial charge on any atom is -0.307 e. The van der Waals surface area contributed by atoms with E-state index in [9.17, 15) is 4.39 Å². The van der Waals surface area contributed by atoms with Crippen LogP contribution in [0.4, 0.5) is 4.39 Å². The highest BCUT2D eigenvalue weighted by Gasteiger charge is 2.22. The topological polar surface area (TPSA) is 12.0 Å². The molecule has 0 aromatic heterocycles. The van der Waals surface area contributed by atoms with Crippen molar-refractivity contribution < 1.29 is 4.39 Å². The molecule has 1 N–H and O–H groups in total. The van der Waals surface area contributed by atoms with Crippen molar-refractivity contribution in [2.45, 2.75) is 71.4 Å². The van der Waals surface area contributed by atoms with Crippen LogP contribution in [0.5, 0.6) is 0 Å². The Morgan fingerprint density at radius 2 is 1.95 bits per heavy atom. The maximum atomic E-state index is 13.6. The maximum absolute atomic E-state index is 13.6. The van der Waals surface area contributed by atoms with Gasteiger partial charge in [0.25, 0.3) is 0 Å². The first kappa shape index (κ1) is 15.5. The van der Waals surface area contributed by atoms with Gasteiger partial charge in [0.1, 0.15) is 5.82 Å². The highest BCUT2D eigenvalue weighted by molar-refractivity contribution is 5.25. The van der Waals surface area contributed by atoms with Crippen molar-refractivity contribution in [1.82, 2.24) is 5.32 Å². The van der Waals surface area contributed by atoms with Crippen LogP contribution in [0.3, 0.4) is 0 Å². The normalized spacial score (nSPS) is 24.6. The fourth-order valence-corrected chi connectivity index (χ4v) is 3.35. The van der Waals surface area contributed by atoms with E-state index in [-0.39, 0.29) is 11.9 Å². The molecule has 1 unspecified atom stereocenters. The van der Waals surface area contributed by atoms with Gasteiger partial charge in [-0.25, -0.2) is 4.39 Å². The van der Waals surface area contributed by atoms with Crippen LogP contribution in [0.2, 0.25) is 0 Å². The number of benzene rings is 1. The third-order valence-corrected chi connectivity index (χ3v) is 4.73. The minimum absolute atomic E-state index is 0.0946. The molecule has 0 spiro atoms. The Morgan fingerprint density at radius 3 is 2.55 bits per heavy atom. The number of hydrogen-bond acceptors (Lipinski definition) is 1. The molecule has 0 radical (unpaired) electrons. The van der Waals surface area contributed by atoms with E-state index in [4.69, 9.17) is 0 Å². The van der Waals surface area contributed by atoms with Crippen molar-refractivity contribution in [2.75, 3.05) is 0 Å². The van der Waals surface area contributed by atoms with E-state index < -0.39 is 0 Å². The third kappa shape index (κ3) is 4.05. The molecule has 1 saturated carbocycles. The molecule has 0 aliphatic heterocycles. The second-order valence-corrected chi connectivity index (χ2v) is 6.40. The van der Waals surface area contributed by atoms with Gasteiger partial charge in [-0.05, 0) is 62.6 Å². The molecule has 1 atom stereocenters. The SMILES string of the molecule is CCCC1CCC(NC(C)c2ccc(C)c(F)c2)CC1. The number of hydrogen-bond donors (Lipinski definition) is 1. The second kappa shape index (κ2) is 7.21. The molecular formula is C18H28FN. The number of rotatable bonds is 5. The Bertz CT molecular complexity index is 421. The highest BCUT2D eigenvalue weighted by Crippen LogP contribution is 2.29. The Kier molecular flexibility index (Phi) is 5.59. The standard InChI is InChI=1S/C18H28FN/c1-4-5-15-7-10-17(11-8-15)20-14(3)16-9-6-13(2)18(19)12-16/h6,9,12,14-15,17,20H,4-5,7-8,10-11H2,1-3H3. The van der Waals surface area contributed by atoms with Crippen molar-refractivity contribution in [1.29, 1.82) is 0 Å². The Balaban J connectivity index is 1.85. The van der Waals surface area contributed by atoms with Crippen LogP contribution in [-0.2, 0) is 0 Å². The van der Waals surface area contributed by atoms with Gasteiger partial charge in [0, 0.05) is 12.1 Å². The molecule has 1 aliphatic rings. The van der Waals surface area contributed by atoms with Gasteiger partial charge < -0.3 is 5.32 Å². The van der Waals surface area contributed by atoms with Crippen LogP contribution in [0.15, 0.2) is 18.2 Å². The first-order valence-corrected chi connectivity index (χ1v) is 8.12. The quantitative estimate of drug-likeness (QED) is 0.785. The summed E-state index contributed by atoms with van der Waals surface area (Å²) in [6, 6.07) is 6.43. The summed E-state index contributed by atoms with van der Waals surface area (Å²) in [5.41, 5.74) is 1.78. The fraction of sp³-hybridized carbons (Fsp3) is 0.667. The highest BCUT2D eigenvalue weighted by atomic mass is 19.1. The molecular weight excluding hydrogens is 249 g/mol. The molecule has 1 fully saturated rings. The maximum Gasteiger partial charge on any atom is 0.126 e. The van der Waals surface area contributed by atoms with Gasteiger partial charge in [0.05, 0.1) is 0 Å². The molecule has 0 saturated heterocycles. The summed E-state index contributed by atoms with van der Waals surface area (Å²) in [5, 5.41) is 3.68. The molecule has 0 bridgehead atoms. The Labute approximate surface area is 123 Å². The van der Waals surface area contributed by atoms with Crippen molar-refractivity contribution in [3.63, 3.8) is 0 Å². The minimum atomic E-state index is -0.0946. The van der Waals surface area contributed by atoms with Crippen molar-refractivity contribution in [3.05, 3.63) is 35.1 Å². The monoisotopic (exact) mass is 277 g/mol. The van der Waals surface area contributed by atoms with E-state index in [1.54, 1.807) is 6.07 Å². The lowest BCUT2D eigenvalue weighted by atomic mass is 9.83. The zero-order valence-electron chi connectivity index (χ0n) is 13.1. The molecule has 2 heteroatoms. The summed E-state index contributed by atoms with van der Waals surface area (Å²) in [4.78, 5) is 0.